The Morgan fingerprint density at radius 2 is 2.56 bits per heavy atom. The molecule has 1 rings (SSSR count). The zero-order valence-corrected chi connectivity index (χ0v) is 5.81. The minimum Gasteiger partial charge on any atom is -0.373 e. The SMILES string of the molecule is C=CC1(OC)CCNC1. The topological polar surface area (TPSA) is 21.3 Å². The first kappa shape index (κ1) is 6.78. The minimum absolute atomic E-state index is 0.0694. The van der Waals surface area contributed by atoms with E-state index in [9.17, 15) is 0 Å². The third-order valence-corrected chi connectivity index (χ3v) is 1.93. The molecular formula is C7H13NO. The third-order valence-electron chi connectivity index (χ3n) is 1.93. The molecule has 0 spiro atoms. The van der Waals surface area contributed by atoms with Crippen LogP contribution < -0.4 is 5.32 Å². The van der Waals surface area contributed by atoms with E-state index >= 15 is 0 Å². The van der Waals surface area contributed by atoms with Gasteiger partial charge in [-0.2, -0.15) is 0 Å². The van der Waals surface area contributed by atoms with Crippen molar-refractivity contribution >= 4 is 0 Å². The first-order valence-electron chi connectivity index (χ1n) is 3.22. The molecule has 0 aliphatic carbocycles. The fourth-order valence-electron chi connectivity index (χ4n) is 1.12. The number of hydrogen-bond acceptors (Lipinski definition) is 2. The van der Waals surface area contributed by atoms with Gasteiger partial charge in [-0.25, -0.2) is 0 Å². The first-order chi connectivity index (χ1) is 4.33. The van der Waals surface area contributed by atoms with Crippen LogP contribution in [0.1, 0.15) is 6.42 Å². The molecule has 0 aromatic rings. The van der Waals surface area contributed by atoms with Gasteiger partial charge in [0.1, 0.15) is 0 Å². The van der Waals surface area contributed by atoms with Crippen LogP contribution in [0.15, 0.2) is 12.7 Å². The third kappa shape index (κ3) is 1.14. The monoisotopic (exact) mass is 127 g/mol. The average molecular weight is 127 g/mol. The fraction of sp³-hybridized carbons (Fsp3) is 0.714. The van der Waals surface area contributed by atoms with Crippen molar-refractivity contribution in [2.45, 2.75) is 12.0 Å². The summed E-state index contributed by atoms with van der Waals surface area (Å²) in [6, 6.07) is 0. The number of rotatable bonds is 2. The van der Waals surface area contributed by atoms with Crippen LogP contribution in [0.25, 0.3) is 0 Å². The van der Waals surface area contributed by atoms with E-state index in [1.807, 2.05) is 6.08 Å². The van der Waals surface area contributed by atoms with Crippen LogP contribution in [0.3, 0.4) is 0 Å². The molecule has 1 saturated heterocycles. The predicted molar refractivity (Wildman–Crippen MR) is 37.4 cm³/mol. The summed E-state index contributed by atoms with van der Waals surface area (Å²) >= 11 is 0. The van der Waals surface area contributed by atoms with Crippen molar-refractivity contribution in [3.63, 3.8) is 0 Å². The average Bonchev–Trinajstić information content (AvgIpc) is 2.36. The Labute approximate surface area is 55.9 Å². The molecule has 52 valence electrons. The summed E-state index contributed by atoms with van der Waals surface area (Å²) in [5.74, 6) is 0. The summed E-state index contributed by atoms with van der Waals surface area (Å²) < 4.78 is 5.27. The maximum absolute atomic E-state index is 5.27. The molecular weight excluding hydrogens is 114 g/mol. The lowest BCUT2D eigenvalue weighted by Crippen LogP contribution is -2.30. The van der Waals surface area contributed by atoms with Gasteiger partial charge in [-0.3, -0.25) is 0 Å². The van der Waals surface area contributed by atoms with Crippen molar-refractivity contribution in [2.75, 3.05) is 20.2 Å². The van der Waals surface area contributed by atoms with E-state index < -0.39 is 0 Å². The van der Waals surface area contributed by atoms with Crippen LogP contribution in [-0.2, 0) is 4.74 Å². The zero-order valence-electron chi connectivity index (χ0n) is 5.81. The Balaban J connectivity index is 2.55. The van der Waals surface area contributed by atoms with Gasteiger partial charge in [-0.05, 0) is 13.0 Å². The van der Waals surface area contributed by atoms with Crippen molar-refractivity contribution in [3.8, 4) is 0 Å². The van der Waals surface area contributed by atoms with Crippen LogP contribution in [0, 0.1) is 0 Å². The van der Waals surface area contributed by atoms with E-state index in [1.54, 1.807) is 7.11 Å². The smallest absolute Gasteiger partial charge is 0.0991 e. The molecule has 1 unspecified atom stereocenters. The minimum atomic E-state index is -0.0694. The lowest BCUT2D eigenvalue weighted by molar-refractivity contribution is 0.0504. The van der Waals surface area contributed by atoms with Gasteiger partial charge in [-0.15, -0.1) is 6.58 Å². The lowest BCUT2D eigenvalue weighted by atomic mass is 10.0. The maximum atomic E-state index is 5.27. The van der Waals surface area contributed by atoms with Crippen LogP contribution >= 0.6 is 0 Å². The summed E-state index contributed by atoms with van der Waals surface area (Å²) in [6.07, 6.45) is 2.93. The number of methoxy groups -OCH3 is 1. The molecule has 0 radical (unpaired) electrons. The highest BCUT2D eigenvalue weighted by Gasteiger charge is 2.29. The van der Waals surface area contributed by atoms with Crippen LogP contribution in [0.4, 0.5) is 0 Å². The molecule has 1 aliphatic rings. The second kappa shape index (κ2) is 2.50. The Morgan fingerprint density at radius 3 is 2.78 bits per heavy atom. The normalized spacial score (nSPS) is 34.8. The summed E-state index contributed by atoms with van der Waals surface area (Å²) in [5.41, 5.74) is -0.0694. The van der Waals surface area contributed by atoms with E-state index in [1.165, 1.54) is 0 Å². The highest BCUT2D eigenvalue weighted by molar-refractivity contribution is 5.02. The van der Waals surface area contributed by atoms with E-state index in [0.29, 0.717) is 0 Å². The van der Waals surface area contributed by atoms with Crippen LogP contribution in [0.5, 0.6) is 0 Å². The summed E-state index contributed by atoms with van der Waals surface area (Å²) in [4.78, 5) is 0. The summed E-state index contributed by atoms with van der Waals surface area (Å²) in [7, 11) is 1.73. The number of hydrogen-bond donors (Lipinski definition) is 1. The molecule has 1 atom stereocenters. The highest BCUT2D eigenvalue weighted by Crippen LogP contribution is 2.18. The molecule has 0 amide bonds. The summed E-state index contributed by atoms with van der Waals surface area (Å²) in [5, 5.41) is 3.22. The standard InChI is InChI=1S/C7H13NO/c1-3-7(9-2)4-5-8-6-7/h3,8H,1,4-6H2,2H3. The largest absolute Gasteiger partial charge is 0.373 e. The molecule has 1 fully saturated rings. The highest BCUT2D eigenvalue weighted by atomic mass is 16.5. The quantitative estimate of drug-likeness (QED) is 0.547. The molecule has 0 bridgehead atoms. The predicted octanol–water partition coefficient (Wildman–Crippen LogP) is 0.551. The Kier molecular flexibility index (Phi) is 1.88. The Hall–Kier alpha value is -0.340. The van der Waals surface area contributed by atoms with Crippen molar-refractivity contribution in [2.24, 2.45) is 0 Å². The van der Waals surface area contributed by atoms with Crippen LogP contribution in [-0.4, -0.2) is 25.8 Å². The molecule has 1 heterocycles. The maximum Gasteiger partial charge on any atom is 0.0991 e. The van der Waals surface area contributed by atoms with Gasteiger partial charge in [0, 0.05) is 13.7 Å². The molecule has 0 aromatic heterocycles. The van der Waals surface area contributed by atoms with Crippen molar-refractivity contribution in [1.29, 1.82) is 0 Å². The first-order valence-corrected chi connectivity index (χ1v) is 3.22. The van der Waals surface area contributed by atoms with E-state index in [2.05, 4.69) is 11.9 Å². The van der Waals surface area contributed by atoms with E-state index in [0.717, 1.165) is 19.5 Å². The Bertz CT molecular complexity index is 105. The van der Waals surface area contributed by atoms with Crippen LogP contribution in [0.2, 0.25) is 0 Å². The van der Waals surface area contributed by atoms with E-state index in [4.69, 9.17) is 4.74 Å². The van der Waals surface area contributed by atoms with Crippen molar-refractivity contribution in [1.82, 2.24) is 5.32 Å². The molecule has 1 N–H and O–H groups in total. The summed E-state index contributed by atoms with van der Waals surface area (Å²) in [6.45, 7) is 5.67. The lowest BCUT2D eigenvalue weighted by Gasteiger charge is -2.20. The van der Waals surface area contributed by atoms with Crippen molar-refractivity contribution in [3.05, 3.63) is 12.7 Å². The second-order valence-electron chi connectivity index (χ2n) is 2.40. The molecule has 1 aliphatic heterocycles. The molecule has 0 saturated carbocycles. The number of ether oxygens (including phenoxy) is 1. The Morgan fingerprint density at radius 1 is 1.78 bits per heavy atom. The van der Waals surface area contributed by atoms with Gasteiger partial charge in [0.15, 0.2) is 0 Å². The van der Waals surface area contributed by atoms with Gasteiger partial charge in [0.05, 0.1) is 5.60 Å². The number of nitrogens with one attached hydrogen (secondary N) is 1. The van der Waals surface area contributed by atoms with Gasteiger partial charge < -0.3 is 10.1 Å². The second-order valence-corrected chi connectivity index (χ2v) is 2.40. The van der Waals surface area contributed by atoms with Gasteiger partial charge in [0.25, 0.3) is 0 Å². The van der Waals surface area contributed by atoms with Gasteiger partial charge in [0.2, 0.25) is 0 Å². The van der Waals surface area contributed by atoms with Gasteiger partial charge >= 0.3 is 0 Å². The zero-order chi connectivity index (χ0) is 6.74. The molecule has 9 heavy (non-hydrogen) atoms. The molecule has 0 aromatic carbocycles. The fourth-order valence-corrected chi connectivity index (χ4v) is 1.12. The van der Waals surface area contributed by atoms with Gasteiger partial charge in [-0.1, -0.05) is 6.08 Å². The van der Waals surface area contributed by atoms with Crippen molar-refractivity contribution < 1.29 is 4.74 Å². The molecule has 2 heteroatoms. The molecule has 2 nitrogen and oxygen atoms in total. The van der Waals surface area contributed by atoms with E-state index in [-0.39, 0.29) is 5.60 Å².